The zero-order valence-corrected chi connectivity index (χ0v) is 9.64. The second kappa shape index (κ2) is 4.92. The van der Waals surface area contributed by atoms with Gasteiger partial charge in [-0.15, -0.1) is 0 Å². The maximum Gasteiger partial charge on any atom is 0.138 e. The van der Waals surface area contributed by atoms with Gasteiger partial charge in [0, 0.05) is 18.4 Å². The highest BCUT2D eigenvalue weighted by Gasteiger charge is 2.21. The first-order chi connectivity index (χ1) is 6.50. The van der Waals surface area contributed by atoms with Crippen LogP contribution in [0.25, 0.3) is 0 Å². The van der Waals surface area contributed by atoms with Crippen molar-refractivity contribution in [1.29, 1.82) is 0 Å². The lowest BCUT2D eigenvalue weighted by Gasteiger charge is -2.16. The predicted octanol–water partition coefficient (Wildman–Crippen LogP) is 2.95. The highest BCUT2D eigenvalue weighted by Crippen LogP contribution is 2.21. The molecule has 1 heterocycles. The van der Waals surface area contributed by atoms with Crippen LogP contribution < -0.4 is 0 Å². The summed E-state index contributed by atoms with van der Waals surface area (Å²) in [7, 11) is 0. The summed E-state index contributed by atoms with van der Waals surface area (Å²) in [6.45, 7) is 6.88. The summed E-state index contributed by atoms with van der Waals surface area (Å²) in [4.78, 5) is 11.6. The first-order valence-corrected chi connectivity index (χ1v) is 5.65. The number of ether oxygens (including phenoxy) is 1. The topological polar surface area (TPSA) is 26.3 Å². The molecule has 0 bridgehead atoms. The second-order valence-electron chi connectivity index (χ2n) is 5.20. The third kappa shape index (κ3) is 3.79. The number of ketones is 1. The van der Waals surface area contributed by atoms with Crippen LogP contribution in [0.2, 0.25) is 0 Å². The Balaban J connectivity index is 2.11. The van der Waals surface area contributed by atoms with Crippen LogP contribution in [-0.2, 0) is 9.53 Å². The van der Waals surface area contributed by atoms with Gasteiger partial charge in [0.25, 0.3) is 0 Å². The highest BCUT2D eigenvalue weighted by atomic mass is 16.5. The van der Waals surface area contributed by atoms with Crippen LogP contribution in [0.1, 0.15) is 52.9 Å². The Morgan fingerprint density at radius 3 is 2.64 bits per heavy atom. The minimum Gasteiger partial charge on any atom is -0.378 e. The van der Waals surface area contributed by atoms with E-state index in [9.17, 15) is 4.79 Å². The van der Waals surface area contributed by atoms with Crippen molar-refractivity contribution in [3.63, 3.8) is 0 Å². The van der Waals surface area contributed by atoms with Gasteiger partial charge in [0.1, 0.15) is 5.78 Å². The molecule has 1 saturated heterocycles. The van der Waals surface area contributed by atoms with Gasteiger partial charge >= 0.3 is 0 Å². The van der Waals surface area contributed by atoms with Crippen molar-refractivity contribution in [3.05, 3.63) is 0 Å². The minimum atomic E-state index is -0.170. The summed E-state index contributed by atoms with van der Waals surface area (Å²) in [5, 5.41) is 0. The lowest BCUT2D eigenvalue weighted by molar-refractivity contribution is -0.126. The lowest BCUT2D eigenvalue weighted by Crippen LogP contribution is -2.20. The van der Waals surface area contributed by atoms with Crippen molar-refractivity contribution in [2.24, 2.45) is 5.41 Å². The van der Waals surface area contributed by atoms with Crippen molar-refractivity contribution in [3.8, 4) is 0 Å². The Hall–Kier alpha value is -0.370. The number of hydrogen-bond acceptors (Lipinski definition) is 2. The Morgan fingerprint density at radius 2 is 2.14 bits per heavy atom. The van der Waals surface area contributed by atoms with E-state index < -0.39 is 0 Å². The van der Waals surface area contributed by atoms with Crippen LogP contribution in [0.3, 0.4) is 0 Å². The second-order valence-corrected chi connectivity index (χ2v) is 5.20. The molecule has 1 aliphatic heterocycles. The molecule has 0 aliphatic carbocycles. The first kappa shape index (κ1) is 11.7. The molecule has 1 fully saturated rings. The normalized spacial score (nSPS) is 22.6. The Kier molecular flexibility index (Phi) is 4.11. The summed E-state index contributed by atoms with van der Waals surface area (Å²) < 4.78 is 5.51. The third-order valence-corrected chi connectivity index (χ3v) is 2.79. The van der Waals surface area contributed by atoms with E-state index in [-0.39, 0.29) is 5.41 Å². The molecule has 0 aromatic carbocycles. The summed E-state index contributed by atoms with van der Waals surface area (Å²) >= 11 is 0. The number of rotatable bonds is 4. The van der Waals surface area contributed by atoms with Crippen molar-refractivity contribution in [2.75, 3.05) is 6.61 Å². The fraction of sp³-hybridized carbons (Fsp3) is 0.917. The molecule has 1 atom stereocenters. The van der Waals surface area contributed by atoms with Crippen molar-refractivity contribution in [1.82, 2.24) is 0 Å². The van der Waals surface area contributed by atoms with Crippen LogP contribution in [0, 0.1) is 5.41 Å². The molecule has 0 radical (unpaired) electrons. The molecule has 0 saturated carbocycles. The average Bonchev–Trinajstić information content (AvgIpc) is 2.55. The zero-order valence-electron chi connectivity index (χ0n) is 9.64. The largest absolute Gasteiger partial charge is 0.378 e. The van der Waals surface area contributed by atoms with Crippen LogP contribution in [0.5, 0.6) is 0 Å². The van der Waals surface area contributed by atoms with E-state index in [0.717, 1.165) is 19.4 Å². The Bertz CT molecular complexity index is 185. The van der Waals surface area contributed by atoms with E-state index in [1.807, 2.05) is 20.8 Å². The van der Waals surface area contributed by atoms with E-state index >= 15 is 0 Å². The van der Waals surface area contributed by atoms with Crippen molar-refractivity contribution in [2.45, 2.75) is 59.0 Å². The Labute approximate surface area is 87.0 Å². The van der Waals surface area contributed by atoms with E-state index in [4.69, 9.17) is 4.74 Å². The molecule has 1 unspecified atom stereocenters. The lowest BCUT2D eigenvalue weighted by atomic mass is 9.87. The number of Topliss-reactive ketones (excluding diaryl/α,β-unsaturated/α-hetero) is 1. The maximum absolute atomic E-state index is 11.6. The molecule has 2 nitrogen and oxygen atoms in total. The quantitative estimate of drug-likeness (QED) is 0.694. The van der Waals surface area contributed by atoms with Crippen LogP contribution in [0.15, 0.2) is 0 Å². The first-order valence-electron chi connectivity index (χ1n) is 5.65. The summed E-state index contributed by atoms with van der Waals surface area (Å²) in [5.41, 5.74) is -0.170. The molecular formula is C12H22O2. The zero-order chi connectivity index (χ0) is 10.6. The minimum absolute atomic E-state index is 0.170. The highest BCUT2D eigenvalue weighted by molar-refractivity contribution is 5.83. The van der Waals surface area contributed by atoms with Crippen molar-refractivity contribution >= 4 is 5.78 Å². The molecular weight excluding hydrogens is 176 g/mol. The van der Waals surface area contributed by atoms with Gasteiger partial charge in [-0.05, 0) is 25.7 Å². The van der Waals surface area contributed by atoms with Crippen LogP contribution >= 0.6 is 0 Å². The van der Waals surface area contributed by atoms with E-state index in [1.54, 1.807) is 0 Å². The Morgan fingerprint density at radius 1 is 1.43 bits per heavy atom. The fourth-order valence-electron chi connectivity index (χ4n) is 1.74. The molecule has 0 N–H and O–H groups in total. The number of carbonyl (C=O) groups is 1. The van der Waals surface area contributed by atoms with Gasteiger partial charge in [-0.25, -0.2) is 0 Å². The van der Waals surface area contributed by atoms with Gasteiger partial charge in [0.2, 0.25) is 0 Å². The molecule has 2 heteroatoms. The van der Waals surface area contributed by atoms with Crippen LogP contribution in [0.4, 0.5) is 0 Å². The summed E-state index contributed by atoms with van der Waals surface area (Å²) in [5.74, 6) is 0.371. The van der Waals surface area contributed by atoms with Gasteiger partial charge in [-0.2, -0.15) is 0 Å². The molecule has 14 heavy (non-hydrogen) atoms. The van der Waals surface area contributed by atoms with Gasteiger partial charge in [-0.1, -0.05) is 20.8 Å². The molecule has 0 spiro atoms. The molecule has 0 aromatic rings. The molecule has 82 valence electrons. The van der Waals surface area contributed by atoms with E-state index in [1.165, 1.54) is 12.8 Å². The monoisotopic (exact) mass is 198 g/mol. The summed E-state index contributed by atoms with van der Waals surface area (Å²) in [6, 6.07) is 0. The van der Waals surface area contributed by atoms with Gasteiger partial charge < -0.3 is 4.74 Å². The number of hydrogen-bond donors (Lipinski definition) is 0. The summed E-state index contributed by atoms with van der Waals surface area (Å²) in [6.07, 6.45) is 5.57. The van der Waals surface area contributed by atoms with E-state index in [2.05, 4.69) is 0 Å². The van der Waals surface area contributed by atoms with Gasteiger partial charge in [0.15, 0.2) is 0 Å². The van der Waals surface area contributed by atoms with Crippen molar-refractivity contribution < 1.29 is 9.53 Å². The molecule has 0 amide bonds. The SMILES string of the molecule is CC(C)(C)C(=O)CCCC1CCCO1. The molecule has 0 aromatic heterocycles. The number of carbonyl (C=O) groups excluding carboxylic acids is 1. The maximum atomic E-state index is 11.6. The van der Waals surface area contributed by atoms with Gasteiger partial charge in [-0.3, -0.25) is 4.79 Å². The van der Waals surface area contributed by atoms with E-state index in [0.29, 0.717) is 18.3 Å². The standard InChI is InChI=1S/C12H22O2/c1-12(2,3)11(13)8-4-6-10-7-5-9-14-10/h10H,4-9H2,1-3H3. The molecule has 1 rings (SSSR count). The fourth-order valence-corrected chi connectivity index (χ4v) is 1.74. The van der Waals surface area contributed by atoms with Gasteiger partial charge in [0.05, 0.1) is 6.10 Å². The molecule has 1 aliphatic rings. The van der Waals surface area contributed by atoms with Crippen LogP contribution in [-0.4, -0.2) is 18.5 Å². The predicted molar refractivity (Wildman–Crippen MR) is 57.3 cm³/mol. The average molecular weight is 198 g/mol. The smallest absolute Gasteiger partial charge is 0.138 e. The third-order valence-electron chi connectivity index (χ3n) is 2.79.